The summed E-state index contributed by atoms with van der Waals surface area (Å²) in [6, 6.07) is 4.14. The van der Waals surface area contributed by atoms with Gasteiger partial charge in [0.15, 0.2) is 0 Å². The zero-order chi connectivity index (χ0) is 21.9. The highest BCUT2D eigenvalue weighted by Gasteiger charge is 2.64. The number of amides is 3. The molecule has 0 saturated carbocycles. The first-order chi connectivity index (χ1) is 15.0. The highest BCUT2D eigenvalue weighted by atomic mass is 16.2. The summed E-state index contributed by atoms with van der Waals surface area (Å²) in [6.07, 6.45) is 8.56. The molecule has 7 heteroatoms. The summed E-state index contributed by atoms with van der Waals surface area (Å²) in [5, 5.41) is 3.05. The minimum Gasteiger partial charge on any atom is -0.342 e. The molecular formula is C24H37N5O2. The lowest BCUT2D eigenvalue weighted by molar-refractivity contribution is -0.141. The van der Waals surface area contributed by atoms with Gasteiger partial charge in [0.2, 0.25) is 5.91 Å². The Labute approximate surface area is 186 Å². The van der Waals surface area contributed by atoms with Gasteiger partial charge >= 0.3 is 6.03 Å². The summed E-state index contributed by atoms with van der Waals surface area (Å²) in [5.41, 5.74) is 0.840. The molecule has 4 heterocycles. The van der Waals surface area contributed by atoms with Crippen LogP contribution in [0.25, 0.3) is 0 Å². The molecular weight excluding hydrogens is 390 g/mol. The molecule has 0 aliphatic carbocycles. The van der Waals surface area contributed by atoms with Gasteiger partial charge in [-0.25, -0.2) is 4.79 Å². The van der Waals surface area contributed by atoms with Crippen molar-refractivity contribution in [2.45, 2.75) is 52.5 Å². The summed E-state index contributed by atoms with van der Waals surface area (Å²) in [5.74, 6) is 0.338. The van der Waals surface area contributed by atoms with Crippen LogP contribution in [0.5, 0.6) is 0 Å². The van der Waals surface area contributed by atoms with Crippen LogP contribution < -0.4 is 5.32 Å². The standard InChI is InChI=1S/C24H37N5O2/c1-3-5-12-26-22(31)29-13-8-23(9-14-29)18-27(17-20-7-6-11-25-16-20)19-24(23)10-15-28(4-2)21(24)30/h6-7,11,16H,3-5,8-10,12-15,17-19H2,1-2H3,(H,26,31)/t24-/m1/s1. The van der Waals surface area contributed by atoms with Crippen molar-refractivity contribution in [3.8, 4) is 0 Å². The second kappa shape index (κ2) is 9.15. The van der Waals surface area contributed by atoms with Crippen LogP contribution in [-0.4, -0.2) is 77.4 Å². The molecule has 0 bridgehead atoms. The second-order valence-corrected chi connectivity index (χ2v) is 9.58. The number of unbranched alkanes of at least 4 members (excludes halogenated alkanes) is 1. The van der Waals surface area contributed by atoms with Gasteiger partial charge in [-0.15, -0.1) is 0 Å². The number of aromatic nitrogens is 1. The van der Waals surface area contributed by atoms with Crippen molar-refractivity contribution >= 4 is 11.9 Å². The molecule has 3 saturated heterocycles. The predicted octanol–water partition coefficient (Wildman–Crippen LogP) is 2.73. The first kappa shape index (κ1) is 22.1. The van der Waals surface area contributed by atoms with Crippen molar-refractivity contribution in [2.75, 3.05) is 45.8 Å². The maximum absolute atomic E-state index is 13.6. The monoisotopic (exact) mass is 427 g/mol. The number of nitrogens with zero attached hydrogens (tertiary/aromatic N) is 4. The fourth-order valence-corrected chi connectivity index (χ4v) is 6.08. The molecule has 3 amide bonds. The third-order valence-electron chi connectivity index (χ3n) is 7.87. The van der Waals surface area contributed by atoms with E-state index >= 15 is 0 Å². The number of likely N-dealkylation sites (tertiary alicyclic amines) is 3. The molecule has 1 atom stereocenters. The lowest BCUT2D eigenvalue weighted by atomic mass is 9.60. The van der Waals surface area contributed by atoms with Gasteiger partial charge in [-0.2, -0.15) is 0 Å². The summed E-state index contributed by atoms with van der Waals surface area (Å²) in [7, 11) is 0. The van der Waals surface area contributed by atoms with E-state index in [2.05, 4.69) is 35.1 Å². The van der Waals surface area contributed by atoms with Crippen LogP contribution in [0, 0.1) is 10.8 Å². The molecule has 1 aromatic rings. The van der Waals surface area contributed by atoms with E-state index in [4.69, 9.17) is 0 Å². The normalized spacial score (nSPS) is 25.7. The number of pyridine rings is 1. The molecule has 31 heavy (non-hydrogen) atoms. The van der Waals surface area contributed by atoms with Crippen LogP contribution >= 0.6 is 0 Å². The molecule has 1 N–H and O–H groups in total. The number of carbonyl (C=O) groups excluding carboxylic acids is 2. The number of urea groups is 1. The Morgan fingerprint density at radius 3 is 2.61 bits per heavy atom. The fourth-order valence-electron chi connectivity index (χ4n) is 6.08. The zero-order valence-electron chi connectivity index (χ0n) is 19.1. The molecule has 4 rings (SSSR count). The van der Waals surface area contributed by atoms with Gasteiger partial charge in [-0.3, -0.25) is 14.7 Å². The van der Waals surface area contributed by atoms with Crippen molar-refractivity contribution in [1.29, 1.82) is 0 Å². The lowest BCUT2D eigenvalue weighted by Crippen LogP contribution is -2.55. The average Bonchev–Trinajstić information content (AvgIpc) is 3.26. The number of hydrogen-bond acceptors (Lipinski definition) is 4. The van der Waals surface area contributed by atoms with Crippen LogP contribution in [-0.2, 0) is 11.3 Å². The SMILES string of the molecule is CCCCNC(=O)N1CCC2(CC1)CN(Cc1cccnc1)C[C@@]21CCN(CC)C1=O. The van der Waals surface area contributed by atoms with Gasteiger partial charge < -0.3 is 15.1 Å². The molecule has 1 aromatic heterocycles. The van der Waals surface area contributed by atoms with Crippen LogP contribution in [0.2, 0.25) is 0 Å². The maximum atomic E-state index is 13.6. The van der Waals surface area contributed by atoms with E-state index in [-0.39, 0.29) is 16.9 Å². The van der Waals surface area contributed by atoms with E-state index in [1.54, 1.807) is 6.20 Å². The Morgan fingerprint density at radius 1 is 1.16 bits per heavy atom. The fraction of sp³-hybridized carbons (Fsp3) is 0.708. The highest BCUT2D eigenvalue weighted by molar-refractivity contribution is 5.87. The molecule has 3 aliphatic rings. The number of carbonyl (C=O) groups is 2. The van der Waals surface area contributed by atoms with Crippen molar-refractivity contribution < 1.29 is 9.59 Å². The van der Waals surface area contributed by atoms with Gasteiger partial charge in [0, 0.05) is 70.2 Å². The quantitative estimate of drug-likeness (QED) is 0.709. The first-order valence-corrected chi connectivity index (χ1v) is 12.0. The van der Waals surface area contributed by atoms with Crippen molar-refractivity contribution in [2.24, 2.45) is 10.8 Å². The molecule has 2 spiro atoms. The van der Waals surface area contributed by atoms with Gasteiger partial charge in [0.1, 0.15) is 0 Å². The minimum atomic E-state index is -0.310. The largest absolute Gasteiger partial charge is 0.342 e. The van der Waals surface area contributed by atoms with E-state index in [0.717, 1.165) is 84.5 Å². The molecule has 3 fully saturated rings. The number of rotatable bonds is 6. The van der Waals surface area contributed by atoms with E-state index < -0.39 is 0 Å². The molecule has 170 valence electrons. The minimum absolute atomic E-state index is 0.0452. The lowest BCUT2D eigenvalue weighted by Gasteiger charge is -2.47. The number of fused-ring (bicyclic) bond motifs is 1. The van der Waals surface area contributed by atoms with Crippen molar-refractivity contribution in [3.05, 3.63) is 30.1 Å². The Hall–Kier alpha value is -2.15. The Bertz CT molecular complexity index is 777. The number of hydrogen-bond donors (Lipinski definition) is 1. The van der Waals surface area contributed by atoms with Gasteiger partial charge in [-0.1, -0.05) is 19.4 Å². The van der Waals surface area contributed by atoms with Crippen molar-refractivity contribution in [1.82, 2.24) is 25.0 Å². The zero-order valence-corrected chi connectivity index (χ0v) is 19.1. The summed E-state index contributed by atoms with van der Waals surface area (Å²) < 4.78 is 0. The smallest absolute Gasteiger partial charge is 0.317 e. The van der Waals surface area contributed by atoms with E-state index in [1.807, 2.05) is 22.1 Å². The third kappa shape index (κ3) is 4.04. The Kier molecular flexibility index (Phi) is 6.51. The number of nitrogens with one attached hydrogen (secondary N) is 1. The third-order valence-corrected chi connectivity index (χ3v) is 7.87. The maximum Gasteiger partial charge on any atom is 0.317 e. The molecule has 3 aliphatic heterocycles. The Morgan fingerprint density at radius 2 is 1.97 bits per heavy atom. The average molecular weight is 428 g/mol. The predicted molar refractivity (Wildman–Crippen MR) is 120 cm³/mol. The Balaban J connectivity index is 1.50. The summed E-state index contributed by atoms with van der Waals surface area (Å²) >= 11 is 0. The molecule has 0 unspecified atom stereocenters. The second-order valence-electron chi connectivity index (χ2n) is 9.58. The molecule has 0 radical (unpaired) electrons. The van der Waals surface area contributed by atoms with Crippen molar-refractivity contribution in [3.63, 3.8) is 0 Å². The van der Waals surface area contributed by atoms with Crippen LogP contribution in [0.3, 0.4) is 0 Å². The van der Waals surface area contributed by atoms with Crippen LogP contribution in [0.15, 0.2) is 24.5 Å². The van der Waals surface area contributed by atoms with Gasteiger partial charge in [0.25, 0.3) is 0 Å². The van der Waals surface area contributed by atoms with E-state index in [9.17, 15) is 9.59 Å². The van der Waals surface area contributed by atoms with Gasteiger partial charge in [-0.05, 0) is 44.2 Å². The van der Waals surface area contributed by atoms with Gasteiger partial charge in [0.05, 0.1) is 5.41 Å². The summed E-state index contributed by atoms with van der Waals surface area (Å²) in [6.45, 7) is 10.6. The number of piperidine rings is 1. The van der Waals surface area contributed by atoms with E-state index in [1.165, 1.54) is 5.56 Å². The highest BCUT2D eigenvalue weighted by Crippen LogP contribution is 2.58. The van der Waals surface area contributed by atoms with E-state index in [0.29, 0.717) is 5.91 Å². The molecule has 0 aromatic carbocycles. The topological polar surface area (TPSA) is 68.8 Å². The molecule has 7 nitrogen and oxygen atoms in total. The summed E-state index contributed by atoms with van der Waals surface area (Å²) in [4.78, 5) is 36.9. The first-order valence-electron chi connectivity index (χ1n) is 12.0. The van der Waals surface area contributed by atoms with Crippen LogP contribution in [0.1, 0.15) is 51.5 Å². The van der Waals surface area contributed by atoms with Crippen LogP contribution in [0.4, 0.5) is 4.79 Å².